The van der Waals surface area contributed by atoms with Gasteiger partial charge in [-0.15, -0.1) is 0 Å². The average molecular weight is 392 g/mol. The number of rotatable bonds is 3. The molecular weight excluding hydrogens is 367 g/mol. The molecule has 0 aromatic heterocycles. The summed E-state index contributed by atoms with van der Waals surface area (Å²) >= 11 is 0. The lowest BCUT2D eigenvalue weighted by molar-refractivity contribution is -0.120. The fourth-order valence-corrected chi connectivity index (χ4v) is 3.97. The number of anilines is 1. The summed E-state index contributed by atoms with van der Waals surface area (Å²) in [5.74, 6) is -1.03. The lowest BCUT2D eigenvalue weighted by atomic mass is 9.87. The van der Waals surface area contributed by atoms with Crippen molar-refractivity contribution in [2.75, 3.05) is 18.0 Å². The number of benzene rings is 2. The van der Waals surface area contributed by atoms with Crippen LogP contribution >= 0.6 is 0 Å². The maximum atomic E-state index is 13.4. The van der Waals surface area contributed by atoms with Crippen molar-refractivity contribution in [3.05, 3.63) is 71.2 Å². The summed E-state index contributed by atoms with van der Waals surface area (Å²) in [6.07, 6.45) is 1.98. The molecular formula is C24H25FN2O2. The lowest BCUT2D eigenvalue weighted by Gasteiger charge is -2.22. The molecule has 2 heterocycles. The van der Waals surface area contributed by atoms with E-state index in [-0.39, 0.29) is 23.0 Å². The highest BCUT2D eigenvalue weighted by molar-refractivity contribution is 6.45. The van der Waals surface area contributed by atoms with E-state index < -0.39 is 0 Å². The smallest absolute Gasteiger partial charge is 0.282 e. The Balaban J connectivity index is 1.77. The monoisotopic (exact) mass is 392 g/mol. The van der Waals surface area contributed by atoms with Crippen LogP contribution in [0.3, 0.4) is 0 Å². The quantitative estimate of drug-likeness (QED) is 0.722. The molecule has 29 heavy (non-hydrogen) atoms. The van der Waals surface area contributed by atoms with E-state index >= 15 is 0 Å². The minimum Gasteiger partial charge on any atom is -0.366 e. The van der Waals surface area contributed by atoms with Crippen molar-refractivity contribution in [1.82, 2.24) is 4.90 Å². The van der Waals surface area contributed by atoms with Gasteiger partial charge in [-0.05, 0) is 53.6 Å². The van der Waals surface area contributed by atoms with E-state index in [0.29, 0.717) is 22.5 Å². The van der Waals surface area contributed by atoms with E-state index in [0.717, 1.165) is 31.5 Å². The zero-order valence-corrected chi connectivity index (χ0v) is 17.0. The van der Waals surface area contributed by atoms with E-state index in [1.165, 1.54) is 17.0 Å². The van der Waals surface area contributed by atoms with Gasteiger partial charge in [-0.1, -0.05) is 45.0 Å². The van der Waals surface area contributed by atoms with Crippen LogP contribution in [0.1, 0.15) is 44.7 Å². The third-order valence-corrected chi connectivity index (χ3v) is 5.61. The third kappa shape index (κ3) is 3.46. The average Bonchev–Trinajstić information content (AvgIpc) is 3.28. The molecule has 1 saturated heterocycles. The molecule has 4 rings (SSSR count). The second kappa shape index (κ2) is 7.14. The summed E-state index contributed by atoms with van der Waals surface area (Å²) < 4.78 is 13.4. The number of halogens is 1. The highest BCUT2D eigenvalue weighted by Crippen LogP contribution is 2.36. The van der Waals surface area contributed by atoms with Gasteiger partial charge in [0.2, 0.25) is 0 Å². The van der Waals surface area contributed by atoms with Gasteiger partial charge in [0.15, 0.2) is 0 Å². The molecule has 0 unspecified atom stereocenters. The van der Waals surface area contributed by atoms with Crippen LogP contribution in [0.15, 0.2) is 54.2 Å². The van der Waals surface area contributed by atoms with Gasteiger partial charge >= 0.3 is 0 Å². The Morgan fingerprint density at radius 2 is 1.41 bits per heavy atom. The van der Waals surface area contributed by atoms with Crippen LogP contribution in [0.25, 0.3) is 5.57 Å². The molecule has 0 N–H and O–H groups in total. The van der Waals surface area contributed by atoms with E-state index in [4.69, 9.17) is 0 Å². The van der Waals surface area contributed by atoms with Crippen LogP contribution in [0, 0.1) is 5.82 Å². The van der Waals surface area contributed by atoms with Crippen LogP contribution in [-0.2, 0) is 15.0 Å². The van der Waals surface area contributed by atoms with E-state index in [9.17, 15) is 14.0 Å². The summed E-state index contributed by atoms with van der Waals surface area (Å²) in [5, 5.41) is 0. The summed E-state index contributed by atoms with van der Waals surface area (Å²) in [5.41, 5.74) is 3.03. The molecule has 0 radical (unpaired) electrons. The highest BCUT2D eigenvalue weighted by Gasteiger charge is 2.43. The first-order valence-corrected chi connectivity index (χ1v) is 10.0. The second-order valence-corrected chi connectivity index (χ2v) is 8.67. The van der Waals surface area contributed by atoms with Crippen molar-refractivity contribution >= 4 is 23.1 Å². The van der Waals surface area contributed by atoms with Gasteiger partial charge < -0.3 is 4.90 Å². The molecule has 1 fully saturated rings. The molecule has 0 saturated carbocycles. The number of carbonyl (C=O) groups excluding carboxylic acids is 2. The molecule has 0 bridgehead atoms. The van der Waals surface area contributed by atoms with Crippen molar-refractivity contribution in [3.63, 3.8) is 0 Å². The van der Waals surface area contributed by atoms with Crippen molar-refractivity contribution in [3.8, 4) is 0 Å². The standard InChI is InChI=1S/C24H25FN2O2/c1-24(2,3)17-8-12-19(13-9-17)27-22(28)20(16-6-10-18(25)11-7-16)21(23(27)29)26-14-4-5-15-26/h6-13H,4-5,14-15H2,1-3H3. The van der Waals surface area contributed by atoms with Gasteiger partial charge in [0, 0.05) is 13.1 Å². The van der Waals surface area contributed by atoms with Crippen molar-refractivity contribution in [2.24, 2.45) is 0 Å². The fourth-order valence-electron chi connectivity index (χ4n) is 3.97. The number of imide groups is 1. The summed E-state index contributed by atoms with van der Waals surface area (Å²) in [7, 11) is 0. The minimum atomic E-state index is -0.372. The zero-order valence-electron chi connectivity index (χ0n) is 17.0. The topological polar surface area (TPSA) is 40.6 Å². The van der Waals surface area contributed by atoms with Gasteiger partial charge in [-0.3, -0.25) is 9.59 Å². The van der Waals surface area contributed by atoms with Gasteiger partial charge in [0.25, 0.3) is 11.8 Å². The first-order valence-electron chi connectivity index (χ1n) is 10.0. The Morgan fingerprint density at radius 3 is 1.97 bits per heavy atom. The number of nitrogens with zero attached hydrogens (tertiary/aromatic N) is 2. The summed E-state index contributed by atoms with van der Waals surface area (Å²) in [6, 6.07) is 13.3. The SMILES string of the molecule is CC(C)(C)c1ccc(N2C(=O)C(c3ccc(F)cc3)=C(N3CCCC3)C2=O)cc1. The molecule has 5 heteroatoms. The summed E-state index contributed by atoms with van der Waals surface area (Å²) in [6.45, 7) is 7.85. The van der Waals surface area contributed by atoms with Crippen LogP contribution in [-0.4, -0.2) is 29.8 Å². The molecule has 150 valence electrons. The van der Waals surface area contributed by atoms with Gasteiger partial charge in [0.05, 0.1) is 11.3 Å². The molecule has 2 aromatic rings. The molecule has 4 nitrogen and oxygen atoms in total. The van der Waals surface area contributed by atoms with Crippen LogP contribution in [0.5, 0.6) is 0 Å². The van der Waals surface area contributed by atoms with Gasteiger partial charge in [0.1, 0.15) is 11.5 Å². The predicted octanol–water partition coefficient (Wildman–Crippen LogP) is 4.50. The lowest BCUT2D eigenvalue weighted by Crippen LogP contribution is -2.34. The van der Waals surface area contributed by atoms with Crippen molar-refractivity contribution in [2.45, 2.75) is 39.0 Å². The Morgan fingerprint density at radius 1 is 0.828 bits per heavy atom. The molecule has 2 amide bonds. The Labute approximate surface area is 170 Å². The number of hydrogen-bond acceptors (Lipinski definition) is 3. The molecule has 2 aliphatic rings. The fraction of sp³-hybridized carbons (Fsp3) is 0.333. The van der Waals surface area contributed by atoms with Crippen LogP contribution in [0.4, 0.5) is 10.1 Å². The minimum absolute atomic E-state index is 0.0181. The van der Waals surface area contributed by atoms with E-state index in [1.807, 2.05) is 29.2 Å². The van der Waals surface area contributed by atoms with Gasteiger partial charge in [-0.2, -0.15) is 0 Å². The second-order valence-electron chi connectivity index (χ2n) is 8.67. The van der Waals surface area contributed by atoms with E-state index in [1.54, 1.807) is 12.1 Å². The predicted molar refractivity (Wildman–Crippen MR) is 112 cm³/mol. The Kier molecular flexibility index (Phi) is 4.77. The number of likely N-dealkylation sites (tertiary alicyclic amines) is 1. The Bertz CT molecular complexity index is 979. The van der Waals surface area contributed by atoms with E-state index in [2.05, 4.69) is 20.8 Å². The maximum absolute atomic E-state index is 13.4. The van der Waals surface area contributed by atoms with Crippen molar-refractivity contribution < 1.29 is 14.0 Å². The normalized spacial score (nSPS) is 17.7. The highest BCUT2D eigenvalue weighted by atomic mass is 19.1. The zero-order chi connectivity index (χ0) is 20.8. The molecule has 0 atom stereocenters. The van der Waals surface area contributed by atoms with Crippen molar-refractivity contribution in [1.29, 1.82) is 0 Å². The van der Waals surface area contributed by atoms with Crippen LogP contribution < -0.4 is 4.90 Å². The van der Waals surface area contributed by atoms with Crippen LogP contribution in [0.2, 0.25) is 0 Å². The molecule has 2 aliphatic heterocycles. The largest absolute Gasteiger partial charge is 0.366 e. The first-order chi connectivity index (χ1) is 13.8. The Hall–Kier alpha value is -2.95. The third-order valence-electron chi connectivity index (χ3n) is 5.61. The molecule has 0 spiro atoms. The molecule has 0 aliphatic carbocycles. The maximum Gasteiger partial charge on any atom is 0.282 e. The first kappa shape index (κ1) is 19.4. The summed E-state index contributed by atoms with van der Waals surface area (Å²) in [4.78, 5) is 30.0. The molecule has 2 aromatic carbocycles. The number of carbonyl (C=O) groups is 2. The number of hydrogen-bond donors (Lipinski definition) is 0. The number of amides is 2. The van der Waals surface area contributed by atoms with Gasteiger partial charge in [-0.25, -0.2) is 9.29 Å².